The van der Waals surface area contributed by atoms with E-state index in [1.54, 1.807) is 6.07 Å². The molecule has 1 aromatic carbocycles. The highest BCUT2D eigenvalue weighted by Crippen LogP contribution is 2.34. The van der Waals surface area contributed by atoms with E-state index in [4.69, 9.17) is 0 Å². The molecule has 0 radical (unpaired) electrons. The van der Waals surface area contributed by atoms with E-state index in [2.05, 4.69) is 21.2 Å². The van der Waals surface area contributed by atoms with E-state index in [0.29, 0.717) is 14.5 Å². The number of anilines is 1. The van der Waals surface area contributed by atoms with Crippen molar-refractivity contribution in [1.29, 1.82) is 0 Å². The highest BCUT2D eigenvalue weighted by atomic mass is 127. The lowest BCUT2D eigenvalue weighted by atomic mass is 10.3. The van der Waals surface area contributed by atoms with Crippen molar-refractivity contribution < 1.29 is 9.72 Å². The van der Waals surface area contributed by atoms with Crippen LogP contribution in [-0.4, -0.2) is 11.3 Å². The fourth-order valence-electron chi connectivity index (χ4n) is 0.898. The number of halogens is 2. The molecule has 0 saturated carbocycles. The maximum Gasteiger partial charge on any atom is 0.307 e. The highest BCUT2D eigenvalue weighted by molar-refractivity contribution is 14.1. The molecule has 0 saturated heterocycles. The van der Waals surface area contributed by atoms with Gasteiger partial charge in [-0.15, -0.1) is 0 Å². The molecule has 0 spiro atoms. The van der Waals surface area contributed by atoms with Crippen LogP contribution in [0.2, 0.25) is 0 Å². The molecule has 0 bridgehead atoms. The van der Waals surface area contributed by atoms with Crippen molar-refractivity contribution in [3.8, 4) is 0 Å². The third kappa shape index (κ3) is 2.21. The second-order valence-corrected chi connectivity index (χ2v) is 4.21. The van der Waals surface area contributed by atoms with E-state index in [0.717, 1.165) is 0 Å². The molecule has 7 heteroatoms. The second kappa shape index (κ2) is 4.69. The van der Waals surface area contributed by atoms with Gasteiger partial charge in [0.25, 0.3) is 0 Å². The fourth-order valence-corrected chi connectivity index (χ4v) is 1.89. The SMILES string of the molecule is O=CNc1ccc(Br)c(I)c1[N+](=O)[O-]. The number of benzene rings is 1. The lowest BCUT2D eigenvalue weighted by molar-refractivity contribution is -0.384. The van der Waals surface area contributed by atoms with Crippen molar-refractivity contribution in [2.75, 3.05) is 5.32 Å². The average Bonchev–Trinajstić information content (AvgIpc) is 2.11. The third-order valence-electron chi connectivity index (χ3n) is 1.47. The molecule has 0 heterocycles. The van der Waals surface area contributed by atoms with E-state index < -0.39 is 4.92 Å². The van der Waals surface area contributed by atoms with E-state index in [1.165, 1.54) is 6.07 Å². The van der Waals surface area contributed by atoms with Gasteiger partial charge >= 0.3 is 5.69 Å². The van der Waals surface area contributed by atoms with Gasteiger partial charge < -0.3 is 5.32 Å². The van der Waals surface area contributed by atoms with Gasteiger partial charge in [0.05, 0.1) is 4.92 Å². The third-order valence-corrected chi connectivity index (χ3v) is 3.96. The van der Waals surface area contributed by atoms with Crippen LogP contribution in [0.5, 0.6) is 0 Å². The summed E-state index contributed by atoms with van der Waals surface area (Å²) in [5, 5.41) is 13.0. The maximum absolute atomic E-state index is 10.7. The smallest absolute Gasteiger partial charge is 0.307 e. The lowest BCUT2D eigenvalue weighted by Crippen LogP contribution is -2.01. The molecular formula is C7H4BrIN2O3. The number of nitro groups is 1. The number of carbonyl (C=O) groups excluding carboxylic acids is 1. The molecule has 0 aliphatic carbocycles. The van der Waals surface area contributed by atoms with Gasteiger partial charge in [-0.25, -0.2) is 0 Å². The quantitative estimate of drug-likeness (QED) is 0.384. The summed E-state index contributed by atoms with van der Waals surface area (Å²) >= 11 is 5.01. The van der Waals surface area contributed by atoms with E-state index in [9.17, 15) is 14.9 Å². The number of carbonyl (C=O) groups is 1. The molecule has 74 valence electrons. The van der Waals surface area contributed by atoms with E-state index in [1.807, 2.05) is 22.6 Å². The normalized spacial score (nSPS) is 9.57. The Hall–Kier alpha value is -0.700. The van der Waals surface area contributed by atoms with Gasteiger partial charge in [-0.1, -0.05) is 0 Å². The Morgan fingerprint density at radius 1 is 1.57 bits per heavy atom. The maximum atomic E-state index is 10.7. The Morgan fingerprint density at radius 2 is 2.21 bits per heavy atom. The fraction of sp³-hybridized carbons (Fsp3) is 0. The van der Waals surface area contributed by atoms with Crippen molar-refractivity contribution in [3.05, 3.63) is 30.3 Å². The molecular weight excluding hydrogens is 367 g/mol. The molecule has 5 nitrogen and oxygen atoms in total. The van der Waals surface area contributed by atoms with E-state index in [-0.39, 0.29) is 11.4 Å². The van der Waals surface area contributed by atoms with Gasteiger partial charge in [-0.05, 0) is 50.7 Å². The molecule has 0 fully saturated rings. The molecule has 1 rings (SSSR count). The Morgan fingerprint density at radius 3 is 2.71 bits per heavy atom. The standard InChI is InChI=1S/C7H4BrIN2O3/c8-4-1-2-5(10-3-12)7(6(4)9)11(13)14/h1-3H,(H,10,12). The summed E-state index contributed by atoms with van der Waals surface area (Å²) in [6, 6.07) is 3.11. The number of hydrogen-bond acceptors (Lipinski definition) is 3. The Kier molecular flexibility index (Phi) is 3.81. The van der Waals surface area contributed by atoms with Crippen molar-refractivity contribution in [2.24, 2.45) is 0 Å². The van der Waals surface area contributed by atoms with Crippen molar-refractivity contribution >= 4 is 56.3 Å². The second-order valence-electron chi connectivity index (χ2n) is 2.28. The molecule has 0 atom stereocenters. The van der Waals surface area contributed by atoms with Crippen LogP contribution >= 0.6 is 38.5 Å². The zero-order chi connectivity index (χ0) is 10.7. The number of rotatable bonds is 3. The average molecular weight is 371 g/mol. The predicted molar refractivity (Wildman–Crippen MR) is 63.2 cm³/mol. The number of nitro benzene ring substituents is 1. The molecule has 1 N–H and O–H groups in total. The van der Waals surface area contributed by atoms with Crippen LogP contribution in [0.4, 0.5) is 11.4 Å². The molecule has 0 aliphatic heterocycles. The summed E-state index contributed by atoms with van der Waals surface area (Å²) < 4.78 is 1.08. The summed E-state index contributed by atoms with van der Waals surface area (Å²) in [4.78, 5) is 20.4. The van der Waals surface area contributed by atoms with Gasteiger partial charge in [0.2, 0.25) is 6.41 Å². The zero-order valence-corrected chi connectivity index (χ0v) is 10.4. The highest BCUT2D eigenvalue weighted by Gasteiger charge is 2.20. The van der Waals surface area contributed by atoms with Gasteiger partial charge in [0, 0.05) is 4.47 Å². The minimum atomic E-state index is -0.529. The first kappa shape index (κ1) is 11.4. The van der Waals surface area contributed by atoms with Crippen molar-refractivity contribution in [1.82, 2.24) is 0 Å². The molecule has 0 aliphatic rings. The topological polar surface area (TPSA) is 72.2 Å². The van der Waals surface area contributed by atoms with Crippen LogP contribution in [0.25, 0.3) is 0 Å². The first-order valence-corrected chi connectivity index (χ1v) is 5.27. The molecule has 0 unspecified atom stereocenters. The van der Waals surface area contributed by atoms with Crippen molar-refractivity contribution in [3.63, 3.8) is 0 Å². The van der Waals surface area contributed by atoms with Gasteiger partial charge in [-0.3, -0.25) is 14.9 Å². The Bertz CT molecular complexity index is 397. The molecule has 14 heavy (non-hydrogen) atoms. The van der Waals surface area contributed by atoms with Crippen LogP contribution in [0.15, 0.2) is 16.6 Å². The summed E-state index contributed by atoms with van der Waals surface area (Å²) in [5.74, 6) is 0. The van der Waals surface area contributed by atoms with Gasteiger partial charge in [-0.2, -0.15) is 0 Å². The predicted octanol–water partition coefficient (Wildman–Crippen LogP) is 2.53. The summed E-state index contributed by atoms with van der Waals surface area (Å²) in [7, 11) is 0. The first-order chi connectivity index (χ1) is 6.57. The van der Waals surface area contributed by atoms with Crippen molar-refractivity contribution in [2.45, 2.75) is 0 Å². The van der Waals surface area contributed by atoms with Gasteiger partial charge in [0.1, 0.15) is 9.26 Å². The van der Waals surface area contributed by atoms with Crippen LogP contribution in [0.3, 0.4) is 0 Å². The lowest BCUT2D eigenvalue weighted by Gasteiger charge is -2.03. The van der Waals surface area contributed by atoms with Crippen LogP contribution in [0.1, 0.15) is 0 Å². The molecule has 0 aromatic heterocycles. The van der Waals surface area contributed by atoms with Gasteiger partial charge in [0.15, 0.2) is 0 Å². The summed E-state index contributed by atoms with van der Waals surface area (Å²) in [5.41, 5.74) is 0.0877. The summed E-state index contributed by atoms with van der Waals surface area (Å²) in [6.45, 7) is 0. The summed E-state index contributed by atoms with van der Waals surface area (Å²) in [6.07, 6.45) is 0.409. The van der Waals surface area contributed by atoms with E-state index >= 15 is 0 Å². The molecule has 1 aromatic rings. The minimum absolute atomic E-state index is 0.105. The largest absolute Gasteiger partial charge is 0.323 e. The first-order valence-electron chi connectivity index (χ1n) is 3.40. The number of hydrogen-bond donors (Lipinski definition) is 1. The number of nitrogens with zero attached hydrogens (tertiary/aromatic N) is 1. The Balaban J connectivity index is 3.37. The number of amides is 1. The minimum Gasteiger partial charge on any atom is -0.323 e. The van der Waals surface area contributed by atoms with Crippen LogP contribution < -0.4 is 5.32 Å². The zero-order valence-electron chi connectivity index (χ0n) is 6.66. The monoisotopic (exact) mass is 370 g/mol. The number of nitrogens with one attached hydrogen (secondary N) is 1. The van der Waals surface area contributed by atoms with Crippen LogP contribution in [0, 0.1) is 13.7 Å². The Labute approximate surface area is 101 Å². The molecule has 1 amide bonds. The van der Waals surface area contributed by atoms with Crippen LogP contribution in [-0.2, 0) is 4.79 Å².